The lowest BCUT2D eigenvalue weighted by molar-refractivity contribution is -0.247. The van der Waals surface area contributed by atoms with Crippen molar-refractivity contribution in [1.82, 2.24) is 9.55 Å². The molecular weight excluding hydrogens is 534 g/mol. The first-order chi connectivity index (χ1) is 17.8. The minimum Gasteiger partial charge on any atom is -0.468 e. The summed E-state index contributed by atoms with van der Waals surface area (Å²) in [5, 5.41) is 2.70. The van der Waals surface area contributed by atoms with Gasteiger partial charge in [0.2, 0.25) is 0 Å². The average molecular weight is 562 g/mol. The molecule has 0 aliphatic carbocycles. The minimum atomic E-state index is -1.51. The number of methoxy groups -OCH3 is 1. The van der Waals surface area contributed by atoms with Crippen LogP contribution in [0.5, 0.6) is 6.01 Å². The van der Waals surface area contributed by atoms with Crippen LogP contribution in [0.1, 0.15) is 38.1 Å². The summed E-state index contributed by atoms with van der Waals surface area (Å²) in [7, 11) is 2.56. The lowest BCUT2D eigenvalue weighted by Gasteiger charge is -2.44. The van der Waals surface area contributed by atoms with Gasteiger partial charge in [0.05, 0.1) is 13.0 Å². The first kappa shape index (κ1) is 30.5. The molecule has 0 amide bonds. The number of hydrogen-bond donors (Lipinski definition) is 1. The normalized spacial score (nSPS) is 22.6. The number of ether oxygens (including phenoxy) is 6. The zero-order valence-electron chi connectivity index (χ0n) is 21.5. The third-order valence-electron chi connectivity index (χ3n) is 5.10. The summed E-state index contributed by atoms with van der Waals surface area (Å²) in [6.45, 7) is 3.87. The summed E-state index contributed by atoms with van der Waals surface area (Å²) < 4.78 is 33.0. The van der Waals surface area contributed by atoms with E-state index in [9.17, 15) is 28.8 Å². The number of nitrogens with zero attached hydrogens (tertiary/aromatic N) is 2. The highest BCUT2D eigenvalue weighted by atomic mass is 35.5. The predicted octanol–water partition coefficient (Wildman–Crippen LogP) is -0.295. The molecule has 38 heavy (non-hydrogen) atoms. The number of hydrogen-bond acceptors (Lipinski definition) is 14. The molecule has 0 saturated carbocycles. The first-order valence-corrected chi connectivity index (χ1v) is 11.6. The maximum Gasteiger partial charge on any atom is 0.303 e. The van der Waals surface area contributed by atoms with Crippen molar-refractivity contribution in [2.75, 3.05) is 24.9 Å². The van der Waals surface area contributed by atoms with Crippen molar-refractivity contribution < 1.29 is 52.4 Å². The number of anilines is 1. The van der Waals surface area contributed by atoms with E-state index >= 15 is 0 Å². The maximum absolute atomic E-state index is 12.9. The molecule has 5 atom stereocenters. The number of aromatic nitrogens is 2. The van der Waals surface area contributed by atoms with Crippen LogP contribution in [0.2, 0.25) is 0 Å². The third-order valence-corrected chi connectivity index (χ3v) is 5.35. The summed E-state index contributed by atoms with van der Waals surface area (Å²) in [5.74, 6) is -4.89. The Morgan fingerprint density at radius 1 is 0.947 bits per heavy atom. The summed E-state index contributed by atoms with van der Waals surface area (Å²) in [6.07, 6.45) is -7.13. The van der Waals surface area contributed by atoms with Crippen LogP contribution in [0.15, 0.2) is 4.79 Å². The summed E-state index contributed by atoms with van der Waals surface area (Å²) in [6, 6.07) is -0.200. The van der Waals surface area contributed by atoms with Crippen molar-refractivity contribution in [2.45, 2.75) is 58.3 Å². The Balaban J connectivity index is 2.69. The zero-order valence-corrected chi connectivity index (χ0v) is 22.2. The fraction of sp³-hybridized carbons (Fsp3) is 0.591. The number of Topliss-reactive ketones (excluding diaryl/α,β-unsaturated/α-hetero) is 1. The third kappa shape index (κ3) is 7.41. The van der Waals surface area contributed by atoms with Crippen molar-refractivity contribution in [3.05, 3.63) is 15.9 Å². The molecule has 1 saturated heterocycles. The second-order valence-corrected chi connectivity index (χ2v) is 8.27. The number of ketones is 1. The van der Waals surface area contributed by atoms with Gasteiger partial charge in [-0.1, -0.05) is 0 Å². The highest BCUT2D eigenvalue weighted by Crippen LogP contribution is 2.30. The molecule has 1 aliphatic heterocycles. The van der Waals surface area contributed by atoms with Crippen molar-refractivity contribution in [1.29, 1.82) is 0 Å². The van der Waals surface area contributed by atoms with Gasteiger partial charge in [-0.2, -0.15) is 4.98 Å². The molecule has 2 rings (SSSR count). The van der Waals surface area contributed by atoms with Crippen LogP contribution in [0.25, 0.3) is 0 Å². The first-order valence-electron chi connectivity index (χ1n) is 11.1. The summed E-state index contributed by atoms with van der Waals surface area (Å²) >= 11 is 5.70. The molecule has 0 bridgehead atoms. The van der Waals surface area contributed by atoms with Crippen LogP contribution in [0.3, 0.4) is 0 Å². The predicted molar refractivity (Wildman–Crippen MR) is 127 cm³/mol. The Kier molecular flexibility index (Phi) is 10.6. The fourth-order valence-corrected chi connectivity index (χ4v) is 3.80. The number of halogens is 1. The quantitative estimate of drug-likeness (QED) is 0.170. The van der Waals surface area contributed by atoms with E-state index in [4.69, 9.17) is 40.0 Å². The van der Waals surface area contributed by atoms with Gasteiger partial charge in [0.25, 0.3) is 5.56 Å². The highest BCUT2D eigenvalue weighted by molar-refractivity contribution is 6.31. The fourth-order valence-electron chi connectivity index (χ4n) is 3.67. The molecule has 0 radical (unpaired) electrons. The molecule has 1 aromatic heterocycles. The number of esters is 4. The highest BCUT2D eigenvalue weighted by Gasteiger charge is 2.52. The molecule has 1 aliphatic rings. The number of rotatable bonds is 10. The number of nitrogens with one attached hydrogen (secondary N) is 1. The summed E-state index contributed by atoms with van der Waals surface area (Å²) in [5.41, 5.74) is -1.27. The smallest absolute Gasteiger partial charge is 0.303 e. The van der Waals surface area contributed by atoms with E-state index in [1.165, 1.54) is 14.2 Å². The number of carbonyl (C=O) groups is 5. The van der Waals surface area contributed by atoms with Crippen LogP contribution < -0.4 is 15.6 Å². The average Bonchev–Trinajstić information content (AvgIpc) is 2.82. The standard InChI is InChI=1S/C22H28ClN3O12/c1-9(27)34-8-14-16(35-10(2)28)17(36-11(3)29)18(37-12(4)30)20(38-14)24-19-15(13(31)7-23)21(32)26(5)22(25-19)33-6/h14,16-18,20,24H,7-8H2,1-6H3. The monoisotopic (exact) mass is 561 g/mol. The van der Waals surface area contributed by atoms with E-state index in [2.05, 4.69) is 10.3 Å². The molecule has 1 aromatic rings. The van der Waals surface area contributed by atoms with Gasteiger partial charge >= 0.3 is 29.9 Å². The maximum atomic E-state index is 12.9. The van der Waals surface area contributed by atoms with E-state index in [1.807, 2.05) is 0 Å². The van der Waals surface area contributed by atoms with Crippen LogP contribution in [-0.4, -0.2) is 89.5 Å². The topological polar surface area (TPSA) is 188 Å². The van der Waals surface area contributed by atoms with Crippen molar-refractivity contribution in [2.24, 2.45) is 7.05 Å². The zero-order chi connectivity index (χ0) is 28.7. The van der Waals surface area contributed by atoms with Crippen molar-refractivity contribution >= 4 is 47.1 Å². The van der Waals surface area contributed by atoms with Gasteiger partial charge in [-0.15, -0.1) is 11.6 Å². The molecule has 0 spiro atoms. The Morgan fingerprint density at radius 2 is 1.50 bits per heavy atom. The Labute approximate surface area is 221 Å². The van der Waals surface area contributed by atoms with E-state index in [-0.39, 0.29) is 11.8 Å². The molecular formula is C22H28ClN3O12. The van der Waals surface area contributed by atoms with Gasteiger partial charge < -0.3 is 33.7 Å². The number of alkyl halides is 1. The van der Waals surface area contributed by atoms with E-state index < -0.39 is 83.9 Å². The lowest BCUT2D eigenvalue weighted by atomic mass is 9.97. The molecule has 210 valence electrons. The van der Waals surface area contributed by atoms with Crippen LogP contribution in [-0.2, 0) is 49.9 Å². The molecule has 1 fully saturated rings. The molecule has 1 N–H and O–H groups in total. The van der Waals surface area contributed by atoms with Gasteiger partial charge in [0, 0.05) is 34.7 Å². The largest absolute Gasteiger partial charge is 0.468 e. The lowest BCUT2D eigenvalue weighted by Crippen LogP contribution is -2.64. The van der Waals surface area contributed by atoms with Crippen LogP contribution >= 0.6 is 11.6 Å². The van der Waals surface area contributed by atoms with Crippen molar-refractivity contribution in [3.8, 4) is 6.01 Å². The minimum absolute atomic E-state index is 0.200. The molecule has 16 heteroatoms. The Bertz CT molecular complexity index is 1150. The van der Waals surface area contributed by atoms with E-state index in [1.54, 1.807) is 0 Å². The Morgan fingerprint density at radius 3 is 2.00 bits per heavy atom. The molecule has 0 aromatic carbocycles. The SMILES string of the molecule is COc1nc(NC2OC(COC(C)=O)C(OC(C)=O)C(OC(C)=O)C2OC(C)=O)c(C(=O)CCl)c(=O)n1C. The molecule has 15 nitrogen and oxygen atoms in total. The second-order valence-electron chi connectivity index (χ2n) is 8.01. The van der Waals surface area contributed by atoms with Crippen LogP contribution in [0, 0.1) is 0 Å². The molecule has 2 heterocycles. The van der Waals surface area contributed by atoms with Gasteiger partial charge in [0.15, 0.2) is 30.3 Å². The van der Waals surface area contributed by atoms with Gasteiger partial charge in [-0.25, -0.2) is 0 Å². The summed E-state index contributed by atoms with van der Waals surface area (Å²) in [4.78, 5) is 76.9. The van der Waals surface area contributed by atoms with Crippen LogP contribution in [0.4, 0.5) is 5.82 Å². The molecule has 5 unspecified atom stereocenters. The van der Waals surface area contributed by atoms with E-state index in [0.29, 0.717) is 0 Å². The van der Waals surface area contributed by atoms with Crippen molar-refractivity contribution in [3.63, 3.8) is 0 Å². The Hall–Kier alpha value is -3.72. The van der Waals surface area contributed by atoms with E-state index in [0.717, 1.165) is 32.3 Å². The van der Waals surface area contributed by atoms with Gasteiger partial charge in [-0.3, -0.25) is 33.3 Å². The van der Waals surface area contributed by atoms with Gasteiger partial charge in [0.1, 0.15) is 24.1 Å². The van der Waals surface area contributed by atoms with Gasteiger partial charge in [-0.05, 0) is 0 Å². The number of carbonyl (C=O) groups excluding carboxylic acids is 5. The second kappa shape index (κ2) is 13.2.